The molecule has 1 N–H and O–H groups in total. The van der Waals surface area contributed by atoms with Gasteiger partial charge in [-0.2, -0.15) is 0 Å². The van der Waals surface area contributed by atoms with E-state index in [1.54, 1.807) is 0 Å². The van der Waals surface area contributed by atoms with Gasteiger partial charge < -0.3 is 5.11 Å². The molecule has 0 heterocycles. The van der Waals surface area contributed by atoms with Gasteiger partial charge in [0.25, 0.3) is 0 Å². The summed E-state index contributed by atoms with van der Waals surface area (Å²) in [6, 6.07) is 0. The van der Waals surface area contributed by atoms with Crippen LogP contribution in [-0.4, -0.2) is 11.1 Å². The van der Waals surface area contributed by atoms with Crippen LogP contribution < -0.4 is 0 Å². The molecule has 0 spiro atoms. The maximum atomic E-state index is 10.2. The highest BCUT2D eigenvalue weighted by Crippen LogP contribution is 2.08. The van der Waals surface area contributed by atoms with Gasteiger partial charge in [-0.3, -0.25) is 4.79 Å². The highest BCUT2D eigenvalue weighted by Gasteiger charge is 1.99. The van der Waals surface area contributed by atoms with Crippen molar-refractivity contribution in [2.75, 3.05) is 0 Å². The Bertz CT molecular complexity index is 198. The van der Waals surface area contributed by atoms with E-state index in [1.807, 2.05) is 13.8 Å². The van der Waals surface area contributed by atoms with Crippen molar-refractivity contribution in [2.45, 2.75) is 33.1 Å². The summed E-state index contributed by atoms with van der Waals surface area (Å²) in [5.74, 6) is -0.794. The van der Waals surface area contributed by atoms with Gasteiger partial charge in [0.1, 0.15) is 0 Å². The Morgan fingerprint density at radius 3 is 2.50 bits per heavy atom. The number of rotatable bonds is 5. The first-order valence-corrected chi connectivity index (χ1v) is 4.04. The Morgan fingerprint density at radius 2 is 2.08 bits per heavy atom. The minimum atomic E-state index is -0.794. The SMILES string of the molecule is C=C(CCC=C(C)C)CC(=O)O. The third-order valence-corrected chi connectivity index (χ3v) is 1.45. The molecule has 0 atom stereocenters. The van der Waals surface area contributed by atoms with Crippen LogP contribution in [0, 0.1) is 0 Å². The number of aliphatic carboxylic acids is 1. The predicted octanol–water partition coefficient (Wildman–Crippen LogP) is 2.76. The fraction of sp³-hybridized carbons (Fsp3) is 0.500. The van der Waals surface area contributed by atoms with Crippen molar-refractivity contribution in [1.29, 1.82) is 0 Å². The predicted molar refractivity (Wildman–Crippen MR) is 50.1 cm³/mol. The summed E-state index contributed by atoms with van der Waals surface area (Å²) < 4.78 is 0. The van der Waals surface area contributed by atoms with Crippen LogP contribution in [0.25, 0.3) is 0 Å². The number of allylic oxidation sites excluding steroid dienone is 2. The van der Waals surface area contributed by atoms with E-state index in [1.165, 1.54) is 5.57 Å². The Morgan fingerprint density at radius 1 is 1.50 bits per heavy atom. The summed E-state index contributed by atoms with van der Waals surface area (Å²) in [5.41, 5.74) is 2.05. The summed E-state index contributed by atoms with van der Waals surface area (Å²) in [5, 5.41) is 8.42. The molecule has 68 valence electrons. The van der Waals surface area contributed by atoms with Crippen molar-refractivity contribution in [2.24, 2.45) is 0 Å². The first-order chi connectivity index (χ1) is 5.52. The summed E-state index contributed by atoms with van der Waals surface area (Å²) in [6.45, 7) is 7.74. The lowest BCUT2D eigenvalue weighted by atomic mass is 10.1. The number of carboxylic acid groups (broad SMARTS) is 1. The van der Waals surface area contributed by atoms with Crippen LogP contribution in [0.4, 0.5) is 0 Å². The molecule has 0 radical (unpaired) electrons. The van der Waals surface area contributed by atoms with E-state index in [4.69, 9.17) is 5.11 Å². The summed E-state index contributed by atoms with van der Waals surface area (Å²) in [6.07, 6.45) is 3.86. The fourth-order valence-electron chi connectivity index (χ4n) is 0.867. The third-order valence-electron chi connectivity index (χ3n) is 1.45. The third kappa shape index (κ3) is 7.06. The highest BCUT2D eigenvalue weighted by molar-refractivity contribution is 5.69. The number of carboxylic acids is 1. The van der Waals surface area contributed by atoms with Gasteiger partial charge in [-0.15, -0.1) is 0 Å². The van der Waals surface area contributed by atoms with Crippen LogP contribution in [-0.2, 0) is 4.79 Å². The van der Waals surface area contributed by atoms with Crippen molar-refractivity contribution in [1.82, 2.24) is 0 Å². The zero-order valence-electron chi connectivity index (χ0n) is 7.76. The molecule has 12 heavy (non-hydrogen) atoms. The van der Waals surface area contributed by atoms with E-state index < -0.39 is 5.97 Å². The number of carbonyl (C=O) groups is 1. The molecule has 0 fully saturated rings. The van der Waals surface area contributed by atoms with E-state index in [2.05, 4.69) is 12.7 Å². The van der Waals surface area contributed by atoms with Crippen LogP contribution in [0.1, 0.15) is 33.1 Å². The second-order valence-electron chi connectivity index (χ2n) is 3.14. The van der Waals surface area contributed by atoms with Crippen molar-refractivity contribution in [3.8, 4) is 0 Å². The van der Waals surface area contributed by atoms with Gasteiger partial charge in [0.2, 0.25) is 0 Å². The molecule has 0 bridgehead atoms. The van der Waals surface area contributed by atoms with Crippen LogP contribution >= 0.6 is 0 Å². The van der Waals surface area contributed by atoms with Gasteiger partial charge >= 0.3 is 5.97 Å². The molecule has 0 rings (SSSR count). The van der Waals surface area contributed by atoms with Gasteiger partial charge in [-0.05, 0) is 26.7 Å². The molecule has 0 unspecified atom stereocenters. The molecular formula is C10H16O2. The lowest BCUT2D eigenvalue weighted by molar-refractivity contribution is -0.136. The molecule has 0 aliphatic rings. The first-order valence-electron chi connectivity index (χ1n) is 4.04. The molecule has 2 nitrogen and oxygen atoms in total. The lowest BCUT2D eigenvalue weighted by Gasteiger charge is -1.98. The van der Waals surface area contributed by atoms with Gasteiger partial charge in [0, 0.05) is 0 Å². The summed E-state index contributed by atoms with van der Waals surface area (Å²) >= 11 is 0. The Kier molecular flexibility index (Phi) is 5.09. The van der Waals surface area contributed by atoms with Gasteiger partial charge in [0.05, 0.1) is 6.42 Å². The van der Waals surface area contributed by atoms with Crippen molar-refractivity contribution >= 4 is 5.97 Å². The number of hydrogen-bond acceptors (Lipinski definition) is 1. The smallest absolute Gasteiger partial charge is 0.307 e. The maximum Gasteiger partial charge on any atom is 0.307 e. The second-order valence-corrected chi connectivity index (χ2v) is 3.14. The van der Waals surface area contributed by atoms with E-state index in [0.29, 0.717) is 0 Å². The molecule has 0 aromatic carbocycles. The monoisotopic (exact) mass is 168 g/mol. The van der Waals surface area contributed by atoms with Gasteiger partial charge in [-0.1, -0.05) is 23.8 Å². The maximum absolute atomic E-state index is 10.2. The molecule has 0 saturated heterocycles. The van der Waals surface area contributed by atoms with E-state index in [9.17, 15) is 4.79 Å². The second kappa shape index (κ2) is 5.58. The lowest BCUT2D eigenvalue weighted by Crippen LogP contribution is -1.95. The summed E-state index contributed by atoms with van der Waals surface area (Å²) in [4.78, 5) is 10.2. The largest absolute Gasteiger partial charge is 0.481 e. The Labute approximate surface area is 73.6 Å². The molecule has 0 aliphatic carbocycles. The average Bonchev–Trinajstić information content (AvgIpc) is 1.84. The quantitative estimate of drug-likeness (QED) is 0.641. The normalized spacial score (nSPS) is 9.17. The Balaban J connectivity index is 3.58. The minimum absolute atomic E-state index is 0.0939. The van der Waals surface area contributed by atoms with Crippen LogP contribution in [0.5, 0.6) is 0 Å². The molecule has 0 aromatic heterocycles. The first kappa shape index (κ1) is 11.0. The zero-order valence-corrected chi connectivity index (χ0v) is 7.76. The van der Waals surface area contributed by atoms with Crippen molar-refractivity contribution in [3.63, 3.8) is 0 Å². The van der Waals surface area contributed by atoms with E-state index >= 15 is 0 Å². The van der Waals surface area contributed by atoms with Crippen LogP contribution in [0.3, 0.4) is 0 Å². The van der Waals surface area contributed by atoms with Gasteiger partial charge in [-0.25, -0.2) is 0 Å². The topological polar surface area (TPSA) is 37.3 Å². The summed E-state index contributed by atoms with van der Waals surface area (Å²) in [7, 11) is 0. The van der Waals surface area contributed by atoms with Crippen LogP contribution in [0.2, 0.25) is 0 Å². The minimum Gasteiger partial charge on any atom is -0.481 e. The van der Waals surface area contributed by atoms with Gasteiger partial charge in [0.15, 0.2) is 0 Å². The molecular weight excluding hydrogens is 152 g/mol. The standard InChI is InChI=1S/C10H16O2/c1-8(2)5-4-6-9(3)7-10(11)12/h5H,3-4,6-7H2,1-2H3,(H,11,12). The zero-order chi connectivity index (χ0) is 9.56. The molecule has 0 amide bonds. The highest BCUT2D eigenvalue weighted by atomic mass is 16.4. The van der Waals surface area contributed by atoms with Crippen molar-refractivity contribution < 1.29 is 9.90 Å². The van der Waals surface area contributed by atoms with E-state index in [-0.39, 0.29) is 6.42 Å². The average molecular weight is 168 g/mol. The fourth-order valence-corrected chi connectivity index (χ4v) is 0.867. The number of hydrogen-bond donors (Lipinski definition) is 1. The van der Waals surface area contributed by atoms with Crippen LogP contribution in [0.15, 0.2) is 23.8 Å². The van der Waals surface area contributed by atoms with E-state index in [0.717, 1.165) is 18.4 Å². The molecule has 2 heteroatoms. The molecule has 0 aromatic rings. The molecule has 0 saturated carbocycles. The molecule has 0 aliphatic heterocycles. The van der Waals surface area contributed by atoms with Crippen molar-refractivity contribution in [3.05, 3.63) is 23.8 Å². The Hall–Kier alpha value is -1.05.